The van der Waals surface area contributed by atoms with Crippen LogP contribution >= 0.6 is 0 Å². The summed E-state index contributed by atoms with van der Waals surface area (Å²) in [5.41, 5.74) is -0.0417. The zero-order valence-corrected chi connectivity index (χ0v) is 6.64. The van der Waals surface area contributed by atoms with Gasteiger partial charge in [0.05, 0.1) is 0 Å². The van der Waals surface area contributed by atoms with Gasteiger partial charge in [-0.25, -0.2) is 0 Å². The van der Waals surface area contributed by atoms with Crippen molar-refractivity contribution in [1.82, 2.24) is 0 Å². The second-order valence-electron chi connectivity index (χ2n) is 1.65. The fraction of sp³-hybridized carbons (Fsp3) is 0.750. The third kappa shape index (κ3) is 2.39. The maximum atomic E-state index is 9.97. The van der Waals surface area contributed by atoms with Crippen molar-refractivity contribution in [3.05, 3.63) is 0 Å². The standard InChI is InChI=1S/C4H10O2Si/c1-2-3(7)4(5)6/h3H,2H2,1,7H3,(H,5,6). The minimum atomic E-state index is -0.644. The van der Waals surface area contributed by atoms with Gasteiger partial charge < -0.3 is 5.11 Å². The van der Waals surface area contributed by atoms with E-state index in [1.807, 2.05) is 6.92 Å². The molecule has 0 radical (unpaired) electrons. The number of hydrogen-bond acceptors (Lipinski definition) is 1. The van der Waals surface area contributed by atoms with Gasteiger partial charge >= 0.3 is 5.97 Å². The van der Waals surface area contributed by atoms with Gasteiger partial charge in [-0.3, -0.25) is 4.79 Å². The van der Waals surface area contributed by atoms with Crippen LogP contribution in [0.1, 0.15) is 13.3 Å². The monoisotopic (exact) mass is 118 g/mol. The summed E-state index contributed by atoms with van der Waals surface area (Å²) < 4.78 is 0. The van der Waals surface area contributed by atoms with Gasteiger partial charge in [-0.2, -0.15) is 0 Å². The summed E-state index contributed by atoms with van der Waals surface area (Å²) in [7, 11) is 0.775. The van der Waals surface area contributed by atoms with Gasteiger partial charge in [-0.15, -0.1) is 0 Å². The first-order chi connectivity index (χ1) is 3.18. The van der Waals surface area contributed by atoms with Crippen molar-refractivity contribution in [3.8, 4) is 0 Å². The number of carboxylic acid groups (broad SMARTS) is 1. The summed E-state index contributed by atoms with van der Waals surface area (Å²) in [6, 6.07) is 0. The summed E-state index contributed by atoms with van der Waals surface area (Å²) in [6.07, 6.45) is 0.779. The molecule has 0 rings (SSSR count). The van der Waals surface area contributed by atoms with Crippen LogP contribution in [0.3, 0.4) is 0 Å². The molecule has 0 aromatic carbocycles. The van der Waals surface area contributed by atoms with Crippen LogP contribution in [0, 0.1) is 0 Å². The van der Waals surface area contributed by atoms with E-state index in [0.717, 1.165) is 16.7 Å². The minimum absolute atomic E-state index is 0.0417. The molecule has 0 spiro atoms. The molecule has 1 unspecified atom stereocenters. The highest BCUT2D eigenvalue weighted by atomic mass is 28.1. The van der Waals surface area contributed by atoms with E-state index in [0.29, 0.717) is 0 Å². The quantitative estimate of drug-likeness (QED) is 0.502. The molecular weight excluding hydrogens is 108 g/mol. The maximum absolute atomic E-state index is 9.97. The lowest BCUT2D eigenvalue weighted by molar-refractivity contribution is -0.136. The molecule has 7 heavy (non-hydrogen) atoms. The Labute approximate surface area is 46.0 Å². The average molecular weight is 118 g/mol. The first-order valence-electron chi connectivity index (χ1n) is 2.41. The predicted octanol–water partition coefficient (Wildman–Crippen LogP) is -0.365. The number of carbonyl (C=O) groups is 1. The fourth-order valence-electron chi connectivity index (χ4n) is 0.175. The normalized spacial score (nSPS) is 13.9. The SMILES string of the molecule is CCC([SiH3])C(=O)O. The van der Waals surface area contributed by atoms with Gasteiger partial charge in [-0.1, -0.05) is 6.92 Å². The van der Waals surface area contributed by atoms with Gasteiger partial charge in [0.2, 0.25) is 0 Å². The number of carboxylic acids is 1. The molecule has 1 N–H and O–H groups in total. The van der Waals surface area contributed by atoms with Crippen LogP contribution in [0.2, 0.25) is 5.54 Å². The van der Waals surface area contributed by atoms with Gasteiger partial charge in [0.1, 0.15) is 0 Å². The zero-order valence-electron chi connectivity index (χ0n) is 4.64. The molecule has 0 heterocycles. The highest BCUT2D eigenvalue weighted by Gasteiger charge is 2.05. The molecule has 0 aliphatic rings. The van der Waals surface area contributed by atoms with E-state index in [2.05, 4.69) is 0 Å². The summed E-state index contributed by atoms with van der Waals surface area (Å²) in [6.45, 7) is 1.89. The Balaban J connectivity index is 3.34. The highest BCUT2D eigenvalue weighted by molar-refractivity contribution is 6.22. The lowest BCUT2D eigenvalue weighted by Crippen LogP contribution is -2.04. The maximum Gasteiger partial charge on any atom is 0.302 e. The van der Waals surface area contributed by atoms with E-state index >= 15 is 0 Å². The number of hydrogen-bond donors (Lipinski definition) is 1. The summed E-state index contributed by atoms with van der Waals surface area (Å²) in [5.74, 6) is -0.644. The van der Waals surface area contributed by atoms with Crippen molar-refractivity contribution < 1.29 is 9.90 Å². The molecule has 42 valence electrons. The van der Waals surface area contributed by atoms with Crippen molar-refractivity contribution in [1.29, 1.82) is 0 Å². The van der Waals surface area contributed by atoms with Gasteiger partial charge in [0.25, 0.3) is 0 Å². The van der Waals surface area contributed by atoms with E-state index in [1.54, 1.807) is 0 Å². The minimum Gasteiger partial charge on any atom is -0.481 e. The van der Waals surface area contributed by atoms with Crippen molar-refractivity contribution in [2.24, 2.45) is 0 Å². The topological polar surface area (TPSA) is 37.3 Å². The van der Waals surface area contributed by atoms with Crippen LogP contribution in [0.4, 0.5) is 0 Å². The summed E-state index contributed by atoms with van der Waals surface area (Å²) in [4.78, 5) is 9.97. The van der Waals surface area contributed by atoms with Crippen LogP contribution in [0.5, 0.6) is 0 Å². The summed E-state index contributed by atoms with van der Waals surface area (Å²) >= 11 is 0. The average Bonchev–Trinajstić information content (AvgIpc) is 1.65. The molecule has 0 saturated carbocycles. The first-order valence-corrected chi connectivity index (χ1v) is 3.56. The predicted molar refractivity (Wildman–Crippen MR) is 31.6 cm³/mol. The molecule has 2 nitrogen and oxygen atoms in total. The van der Waals surface area contributed by atoms with Gasteiger partial charge in [0.15, 0.2) is 0 Å². The zero-order chi connectivity index (χ0) is 5.86. The largest absolute Gasteiger partial charge is 0.481 e. The Bertz CT molecular complexity index is 72.1. The Morgan fingerprint density at radius 3 is 2.43 bits per heavy atom. The smallest absolute Gasteiger partial charge is 0.302 e. The van der Waals surface area contributed by atoms with E-state index in [4.69, 9.17) is 5.11 Å². The molecule has 0 aromatic rings. The molecule has 1 atom stereocenters. The van der Waals surface area contributed by atoms with Crippen LogP contribution in [0.25, 0.3) is 0 Å². The molecular formula is C4H10O2Si. The third-order valence-electron chi connectivity index (χ3n) is 1.03. The van der Waals surface area contributed by atoms with E-state index in [9.17, 15) is 4.79 Å². The third-order valence-corrected chi connectivity index (χ3v) is 2.34. The van der Waals surface area contributed by atoms with E-state index in [-0.39, 0.29) is 5.54 Å². The Kier molecular flexibility index (Phi) is 2.67. The van der Waals surface area contributed by atoms with Crippen LogP contribution in [-0.4, -0.2) is 21.3 Å². The second kappa shape index (κ2) is 2.79. The Hall–Kier alpha value is -0.313. The Morgan fingerprint density at radius 1 is 2.00 bits per heavy atom. The molecule has 0 aromatic heterocycles. The molecule has 0 fully saturated rings. The van der Waals surface area contributed by atoms with Gasteiger partial charge in [-0.05, 0) is 6.42 Å². The van der Waals surface area contributed by atoms with Crippen molar-refractivity contribution in [2.45, 2.75) is 18.9 Å². The highest BCUT2D eigenvalue weighted by Crippen LogP contribution is 2.01. The summed E-state index contributed by atoms with van der Waals surface area (Å²) in [5, 5.41) is 8.22. The molecule has 0 aliphatic carbocycles. The molecule has 0 saturated heterocycles. The molecule has 0 bridgehead atoms. The Morgan fingerprint density at radius 2 is 2.43 bits per heavy atom. The molecule has 0 amide bonds. The number of rotatable bonds is 2. The molecule has 3 heteroatoms. The second-order valence-corrected chi connectivity index (χ2v) is 3.04. The molecule has 0 aliphatic heterocycles. The van der Waals surface area contributed by atoms with Gasteiger partial charge in [0, 0.05) is 15.8 Å². The van der Waals surface area contributed by atoms with Crippen LogP contribution < -0.4 is 0 Å². The van der Waals surface area contributed by atoms with Crippen molar-refractivity contribution >= 4 is 16.2 Å². The van der Waals surface area contributed by atoms with Crippen molar-refractivity contribution in [2.75, 3.05) is 0 Å². The van der Waals surface area contributed by atoms with Crippen molar-refractivity contribution in [3.63, 3.8) is 0 Å². The lowest BCUT2D eigenvalue weighted by atomic mass is 10.3. The van der Waals surface area contributed by atoms with E-state index < -0.39 is 5.97 Å². The lowest BCUT2D eigenvalue weighted by Gasteiger charge is -1.96. The van der Waals surface area contributed by atoms with Crippen LogP contribution in [-0.2, 0) is 4.79 Å². The van der Waals surface area contributed by atoms with Crippen LogP contribution in [0.15, 0.2) is 0 Å². The fourth-order valence-corrected chi connectivity index (χ4v) is 0.175. The first kappa shape index (κ1) is 6.69. The number of aliphatic carboxylic acids is 1. The van der Waals surface area contributed by atoms with E-state index in [1.165, 1.54) is 0 Å².